The summed E-state index contributed by atoms with van der Waals surface area (Å²) in [5.41, 5.74) is 6.99. The molecule has 5 heteroatoms. The second-order valence-electron chi connectivity index (χ2n) is 5.49. The molecule has 1 amide bonds. The highest BCUT2D eigenvalue weighted by atomic mass is 35.5. The van der Waals surface area contributed by atoms with Crippen LogP contribution in [0, 0.1) is 5.92 Å². The van der Waals surface area contributed by atoms with E-state index >= 15 is 0 Å². The number of nitrogens with one attached hydrogen (secondary N) is 1. The molecule has 0 spiro atoms. The summed E-state index contributed by atoms with van der Waals surface area (Å²) < 4.78 is 0. The molecule has 0 heterocycles. The molecular weight excluding hydrogens is 288 g/mol. The highest BCUT2D eigenvalue weighted by Crippen LogP contribution is 2.23. The minimum atomic E-state index is -0.0783. The predicted molar refractivity (Wildman–Crippen MR) is 86.0 cm³/mol. The zero-order valence-electron chi connectivity index (χ0n) is 12.3. The van der Waals surface area contributed by atoms with E-state index < -0.39 is 0 Å². The Morgan fingerprint density at radius 1 is 1.14 bits per heavy atom. The third kappa shape index (κ3) is 4.55. The fourth-order valence-electron chi connectivity index (χ4n) is 2.79. The lowest BCUT2D eigenvalue weighted by molar-refractivity contribution is 0.0906. The summed E-state index contributed by atoms with van der Waals surface area (Å²) in [4.78, 5) is 23.4. The van der Waals surface area contributed by atoms with Crippen molar-refractivity contribution in [1.29, 1.82) is 0 Å². The Morgan fingerprint density at radius 2 is 1.71 bits per heavy atom. The first-order chi connectivity index (χ1) is 9.61. The highest BCUT2D eigenvalue weighted by molar-refractivity contribution is 5.97. The van der Waals surface area contributed by atoms with Crippen molar-refractivity contribution in [2.45, 2.75) is 38.6 Å². The molecule has 116 valence electrons. The van der Waals surface area contributed by atoms with E-state index in [1.807, 2.05) is 0 Å². The quantitative estimate of drug-likeness (QED) is 0.840. The second kappa shape index (κ2) is 8.15. The van der Waals surface area contributed by atoms with E-state index in [0.717, 1.165) is 19.3 Å². The molecule has 0 saturated heterocycles. The third-order valence-electron chi connectivity index (χ3n) is 4.08. The Bertz CT molecular complexity index is 488. The van der Waals surface area contributed by atoms with E-state index in [-0.39, 0.29) is 30.1 Å². The molecule has 2 rings (SSSR count). The van der Waals surface area contributed by atoms with Gasteiger partial charge < -0.3 is 11.1 Å². The Morgan fingerprint density at radius 3 is 2.29 bits per heavy atom. The molecule has 0 aliphatic heterocycles. The first-order valence-electron chi connectivity index (χ1n) is 7.23. The van der Waals surface area contributed by atoms with Gasteiger partial charge in [-0.2, -0.15) is 0 Å². The van der Waals surface area contributed by atoms with E-state index in [2.05, 4.69) is 5.32 Å². The van der Waals surface area contributed by atoms with Gasteiger partial charge >= 0.3 is 0 Å². The monoisotopic (exact) mass is 310 g/mol. The van der Waals surface area contributed by atoms with Crippen molar-refractivity contribution in [2.24, 2.45) is 11.7 Å². The van der Waals surface area contributed by atoms with Crippen molar-refractivity contribution in [3.63, 3.8) is 0 Å². The second-order valence-corrected chi connectivity index (χ2v) is 5.49. The molecule has 1 aromatic rings. The Hall–Kier alpha value is -1.39. The van der Waals surface area contributed by atoms with Crippen LogP contribution >= 0.6 is 12.4 Å². The maximum absolute atomic E-state index is 12.2. The van der Waals surface area contributed by atoms with Crippen LogP contribution in [-0.4, -0.2) is 24.3 Å². The van der Waals surface area contributed by atoms with Crippen LogP contribution in [0.5, 0.6) is 0 Å². The average Bonchev–Trinajstić information content (AvgIpc) is 2.48. The molecule has 0 radical (unpaired) electrons. The Balaban J connectivity index is 0.00000220. The molecule has 2 atom stereocenters. The van der Waals surface area contributed by atoms with E-state index in [0.29, 0.717) is 23.6 Å². The molecule has 1 saturated carbocycles. The summed E-state index contributed by atoms with van der Waals surface area (Å²) in [6.07, 6.45) is 4.43. The minimum absolute atomic E-state index is 0. The number of hydrogen-bond acceptors (Lipinski definition) is 3. The zero-order chi connectivity index (χ0) is 14.5. The van der Waals surface area contributed by atoms with Crippen molar-refractivity contribution >= 4 is 24.1 Å². The summed E-state index contributed by atoms with van der Waals surface area (Å²) in [5, 5.41) is 3.08. The molecular formula is C16H23ClN2O2. The lowest BCUT2D eigenvalue weighted by atomic mass is 9.84. The molecule has 21 heavy (non-hydrogen) atoms. The van der Waals surface area contributed by atoms with Gasteiger partial charge in [0.2, 0.25) is 0 Å². The van der Waals surface area contributed by atoms with Crippen LogP contribution in [0.2, 0.25) is 0 Å². The maximum Gasteiger partial charge on any atom is 0.251 e. The predicted octanol–water partition coefficient (Wildman–Crippen LogP) is 2.56. The van der Waals surface area contributed by atoms with Gasteiger partial charge in [-0.3, -0.25) is 9.59 Å². The van der Waals surface area contributed by atoms with Gasteiger partial charge in [-0.05, 0) is 44.4 Å². The van der Waals surface area contributed by atoms with E-state index in [1.165, 1.54) is 13.3 Å². The van der Waals surface area contributed by atoms with Crippen molar-refractivity contribution in [3.05, 3.63) is 35.4 Å². The number of amides is 1. The highest BCUT2D eigenvalue weighted by Gasteiger charge is 2.25. The average molecular weight is 311 g/mol. The number of hydrogen-bond donors (Lipinski definition) is 2. The van der Waals surface area contributed by atoms with Crippen molar-refractivity contribution < 1.29 is 9.59 Å². The number of carbonyl (C=O) groups excluding carboxylic acids is 2. The summed E-state index contributed by atoms with van der Waals surface area (Å²) in [6, 6.07) is 6.96. The molecule has 1 fully saturated rings. The Labute approximate surface area is 131 Å². The van der Waals surface area contributed by atoms with Gasteiger partial charge in [-0.25, -0.2) is 0 Å². The van der Waals surface area contributed by atoms with Crippen LogP contribution in [0.15, 0.2) is 24.3 Å². The molecule has 1 aromatic carbocycles. The number of benzene rings is 1. The van der Waals surface area contributed by atoms with Crippen LogP contribution in [-0.2, 0) is 0 Å². The lowest BCUT2D eigenvalue weighted by Crippen LogP contribution is -2.44. The van der Waals surface area contributed by atoms with E-state index in [4.69, 9.17) is 5.73 Å². The number of carbonyl (C=O) groups is 2. The third-order valence-corrected chi connectivity index (χ3v) is 4.08. The van der Waals surface area contributed by atoms with Crippen molar-refractivity contribution in [2.75, 3.05) is 6.54 Å². The van der Waals surface area contributed by atoms with Crippen LogP contribution in [0.25, 0.3) is 0 Å². The first kappa shape index (κ1) is 17.7. The molecule has 1 aliphatic rings. The van der Waals surface area contributed by atoms with Crippen LogP contribution in [0.4, 0.5) is 0 Å². The number of rotatable bonds is 4. The summed E-state index contributed by atoms with van der Waals surface area (Å²) in [7, 11) is 0. The SMILES string of the molecule is CC(=O)c1ccc(C(=O)NC2CCCCC2CN)cc1.Cl. The molecule has 0 aromatic heterocycles. The summed E-state index contributed by atoms with van der Waals surface area (Å²) in [5.74, 6) is 0.307. The van der Waals surface area contributed by atoms with Gasteiger partial charge in [0, 0.05) is 17.2 Å². The number of halogens is 1. The number of Topliss-reactive ketones (excluding diaryl/α,β-unsaturated/α-hetero) is 1. The fraction of sp³-hybridized carbons (Fsp3) is 0.500. The molecule has 3 N–H and O–H groups in total. The molecule has 2 unspecified atom stereocenters. The molecule has 4 nitrogen and oxygen atoms in total. The molecule has 1 aliphatic carbocycles. The fourth-order valence-corrected chi connectivity index (χ4v) is 2.79. The normalized spacial score (nSPS) is 21.2. The van der Waals surface area contributed by atoms with Crippen LogP contribution in [0.3, 0.4) is 0 Å². The topological polar surface area (TPSA) is 72.2 Å². The maximum atomic E-state index is 12.2. The van der Waals surface area contributed by atoms with Gasteiger partial charge in [-0.15, -0.1) is 12.4 Å². The van der Waals surface area contributed by atoms with Gasteiger partial charge in [0.25, 0.3) is 5.91 Å². The minimum Gasteiger partial charge on any atom is -0.349 e. The smallest absolute Gasteiger partial charge is 0.251 e. The molecule has 0 bridgehead atoms. The van der Waals surface area contributed by atoms with Gasteiger partial charge in [-0.1, -0.05) is 25.0 Å². The van der Waals surface area contributed by atoms with Crippen LogP contribution in [0.1, 0.15) is 53.3 Å². The van der Waals surface area contributed by atoms with Gasteiger partial charge in [0.1, 0.15) is 0 Å². The largest absolute Gasteiger partial charge is 0.349 e. The summed E-state index contributed by atoms with van der Waals surface area (Å²) >= 11 is 0. The Kier molecular flexibility index (Phi) is 6.85. The van der Waals surface area contributed by atoms with E-state index in [9.17, 15) is 9.59 Å². The summed E-state index contributed by atoms with van der Waals surface area (Å²) in [6.45, 7) is 2.14. The number of nitrogens with two attached hydrogens (primary N) is 1. The zero-order valence-corrected chi connectivity index (χ0v) is 13.1. The lowest BCUT2D eigenvalue weighted by Gasteiger charge is -2.31. The van der Waals surface area contributed by atoms with Crippen molar-refractivity contribution in [1.82, 2.24) is 5.32 Å². The van der Waals surface area contributed by atoms with Crippen molar-refractivity contribution in [3.8, 4) is 0 Å². The van der Waals surface area contributed by atoms with Gasteiger partial charge in [0.15, 0.2) is 5.78 Å². The van der Waals surface area contributed by atoms with E-state index in [1.54, 1.807) is 24.3 Å². The standard InChI is InChI=1S/C16H22N2O2.ClH/c1-11(19)12-6-8-13(9-7-12)16(20)18-15-5-3-2-4-14(15)10-17;/h6-9,14-15H,2-5,10,17H2,1H3,(H,18,20);1H. The number of ketones is 1. The van der Waals surface area contributed by atoms with Gasteiger partial charge in [0.05, 0.1) is 0 Å². The van der Waals surface area contributed by atoms with Crippen LogP contribution < -0.4 is 11.1 Å². The first-order valence-corrected chi connectivity index (χ1v) is 7.23.